The number of carbonyl (C=O) groups is 1. The molecule has 0 spiro atoms. The highest BCUT2D eigenvalue weighted by Gasteiger charge is 2.14. The topological polar surface area (TPSA) is 35.5 Å². The summed E-state index contributed by atoms with van der Waals surface area (Å²) in [6.07, 6.45) is 4.74. The van der Waals surface area contributed by atoms with Gasteiger partial charge in [0.1, 0.15) is 0 Å². The van der Waals surface area contributed by atoms with Gasteiger partial charge in [-0.2, -0.15) is 0 Å². The highest BCUT2D eigenvalue weighted by atomic mass is 16.7. The van der Waals surface area contributed by atoms with Gasteiger partial charge < -0.3 is 9.47 Å². The second-order valence-electron chi connectivity index (χ2n) is 4.12. The van der Waals surface area contributed by atoms with Gasteiger partial charge in [0.2, 0.25) is 0 Å². The minimum atomic E-state index is -0.277. The summed E-state index contributed by atoms with van der Waals surface area (Å²) in [6, 6.07) is 0. The van der Waals surface area contributed by atoms with Gasteiger partial charge >= 0.3 is 0 Å². The average molecular weight is 240 g/mol. The van der Waals surface area contributed by atoms with E-state index < -0.39 is 0 Å². The Labute approximate surface area is 104 Å². The number of allylic oxidation sites excluding steroid dienone is 3. The lowest BCUT2D eigenvalue weighted by Gasteiger charge is -2.20. The summed E-state index contributed by atoms with van der Waals surface area (Å²) in [6.45, 7) is 10.8. The van der Waals surface area contributed by atoms with Gasteiger partial charge in [-0.05, 0) is 39.8 Å². The molecular formula is C14H24O3. The van der Waals surface area contributed by atoms with E-state index in [1.54, 1.807) is 12.2 Å². The zero-order valence-electron chi connectivity index (χ0n) is 11.5. The van der Waals surface area contributed by atoms with Crippen LogP contribution >= 0.6 is 0 Å². The molecule has 0 fully saturated rings. The molecule has 3 nitrogen and oxygen atoms in total. The molecule has 17 heavy (non-hydrogen) atoms. The van der Waals surface area contributed by atoms with E-state index in [1.165, 1.54) is 0 Å². The molecule has 3 heteroatoms. The SMILES string of the molecule is CCOC(OCC)C(C)/C=C/C(=O)C=C(C)C. The van der Waals surface area contributed by atoms with Crippen molar-refractivity contribution in [3.05, 3.63) is 23.8 Å². The predicted molar refractivity (Wildman–Crippen MR) is 69.8 cm³/mol. The quantitative estimate of drug-likeness (QED) is 0.483. The van der Waals surface area contributed by atoms with Crippen molar-refractivity contribution in [3.63, 3.8) is 0 Å². The van der Waals surface area contributed by atoms with Crippen molar-refractivity contribution in [2.45, 2.75) is 40.9 Å². The van der Waals surface area contributed by atoms with Crippen LogP contribution in [0.25, 0.3) is 0 Å². The Morgan fingerprint density at radius 2 is 1.71 bits per heavy atom. The second kappa shape index (κ2) is 9.14. The van der Waals surface area contributed by atoms with Crippen LogP contribution in [-0.4, -0.2) is 25.3 Å². The third-order valence-electron chi connectivity index (χ3n) is 2.09. The molecule has 0 aliphatic carbocycles. The number of ketones is 1. The van der Waals surface area contributed by atoms with E-state index in [9.17, 15) is 4.79 Å². The lowest BCUT2D eigenvalue weighted by molar-refractivity contribution is -0.154. The monoisotopic (exact) mass is 240 g/mol. The average Bonchev–Trinajstić information content (AvgIpc) is 2.24. The van der Waals surface area contributed by atoms with Gasteiger partial charge in [0.15, 0.2) is 12.1 Å². The summed E-state index contributed by atoms with van der Waals surface area (Å²) >= 11 is 0. The van der Waals surface area contributed by atoms with Crippen LogP contribution in [0.4, 0.5) is 0 Å². The Bertz CT molecular complexity index is 269. The molecule has 0 aliphatic heterocycles. The van der Waals surface area contributed by atoms with E-state index in [0.29, 0.717) is 13.2 Å². The molecule has 1 unspecified atom stereocenters. The molecule has 0 aromatic carbocycles. The lowest BCUT2D eigenvalue weighted by Crippen LogP contribution is -2.24. The van der Waals surface area contributed by atoms with E-state index in [-0.39, 0.29) is 18.0 Å². The largest absolute Gasteiger partial charge is 0.352 e. The van der Waals surface area contributed by atoms with Gasteiger partial charge in [0.25, 0.3) is 0 Å². The molecule has 0 aliphatic rings. The molecule has 98 valence electrons. The molecule has 0 radical (unpaired) electrons. The molecule has 0 N–H and O–H groups in total. The van der Waals surface area contributed by atoms with Crippen molar-refractivity contribution in [1.29, 1.82) is 0 Å². The Balaban J connectivity index is 4.37. The first-order chi connectivity index (χ1) is 8.01. The van der Waals surface area contributed by atoms with Crippen molar-refractivity contribution in [3.8, 4) is 0 Å². The standard InChI is InChI=1S/C14H24O3/c1-6-16-14(17-7-2)12(5)8-9-13(15)10-11(3)4/h8-10,12,14H,6-7H2,1-5H3/b9-8+. The van der Waals surface area contributed by atoms with E-state index in [1.807, 2.05) is 40.7 Å². The smallest absolute Gasteiger partial charge is 0.178 e. The molecule has 0 saturated carbocycles. The van der Waals surface area contributed by atoms with Crippen molar-refractivity contribution in [1.82, 2.24) is 0 Å². The van der Waals surface area contributed by atoms with Gasteiger partial charge in [-0.15, -0.1) is 0 Å². The minimum absolute atomic E-state index is 0.00333. The number of hydrogen-bond acceptors (Lipinski definition) is 3. The zero-order valence-corrected chi connectivity index (χ0v) is 11.5. The minimum Gasteiger partial charge on any atom is -0.352 e. The highest BCUT2D eigenvalue weighted by molar-refractivity contribution is 5.99. The van der Waals surface area contributed by atoms with Crippen LogP contribution in [0, 0.1) is 5.92 Å². The van der Waals surface area contributed by atoms with E-state index >= 15 is 0 Å². The number of hydrogen-bond donors (Lipinski definition) is 0. The van der Waals surface area contributed by atoms with Gasteiger partial charge in [0.05, 0.1) is 0 Å². The fourth-order valence-corrected chi connectivity index (χ4v) is 1.35. The maximum atomic E-state index is 11.5. The summed E-state index contributed by atoms with van der Waals surface area (Å²) in [5.41, 5.74) is 0.999. The summed E-state index contributed by atoms with van der Waals surface area (Å²) in [5, 5.41) is 0. The van der Waals surface area contributed by atoms with Crippen LogP contribution in [0.1, 0.15) is 34.6 Å². The zero-order chi connectivity index (χ0) is 13.3. The molecule has 0 aromatic rings. The van der Waals surface area contributed by atoms with Gasteiger partial charge in [-0.3, -0.25) is 4.79 Å². The Morgan fingerprint density at radius 3 is 2.12 bits per heavy atom. The maximum Gasteiger partial charge on any atom is 0.178 e. The molecule has 0 aromatic heterocycles. The van der Waals surface area contributed by atoms with Crippen LogP contribution in [0.2, 0.25) is 0 Å². The van der Waals surface area contributed by atoms with Crippen LogP contribution in [0.3, 0.4) is 0 Å². The lowest BCUT2D eigenvalue weighted by atomic mass is 10.1. The summed E-state index contributed by atoms with van der Waals surface area (Å²) < 4.78 is 10.9. The van der Waals surface area contributed by atoms with Gasteiger partial charge in [0, 0.05) is 19.1 Å². The molecule has 0 saturated heterocycles. The number of rotatable bonds is 8. The summed E-state index contributed by atoms with van der Waals surface area (Å²) in [7, 11) is 0. The van der Waals surface area contributed by atoms with E-state index in [0.717, 1.165) is 5.57 Å². The molecular weight excluding hydrogens is 216 g/mol. The first kappa shape index (κ1) is 16.1. The third-order valence-corrected chi connectivity index (χ3v) is 2.09. The summed E-state index contributed by atoms with van der Waals surface area (Å²) in [5.74, 6) is 0.0630. The number of ether oxygens (including phenoxy) is 2. The fourth-order valence-electron chi connectivity index (χ4n) is 1.35. The molecule has 0 heterocycles. The van der Waals surface area contributed by atoms with Gasteiger partial charge in [-0.25, -0.2) is 0 Å². The maximum absolute atomic E-state index is 11.5. The predicted octanol–water partition coefficient (Wildman–Crippen LogP) is 3.11. The van der Waals surface area contributed by atoms with Crippen molar-refractivity contribution in [2.24, 2.45) is 5.92 Å². The van der Waals surface area contributed by atoms with Crippen molar-refractivity contribution in [2.75, 3.05) is 13.2 Å². The first-order valence-corrected chi connectivity index (χ1v) is 6.11. The van der Waals surface area contributed by atoms with Crippen molar-refractivity contribution < 1.29 is 14.3 Å². The van der Waals surface area contributed by atoms with Gasteiger partial charge in [-0.1, -0.05) is 18.6 Å². The molecule has 0 bridgehead atoms. The third kappa shape index (κ3) is 7.88. The Kier molecular flexibility index (Phi) is 8.64. The highest BCUT2D eigenvalue weighted by Crippen LogP contribution is 2.11. The molecule has 0 amide bonds. The van der Waals surface area contributed by atoms with Crippen molar-refractivity contribution >= 4 is 5.78 Å². The number of carbonyl (C=O) groups excluding carboxylic acids is 1. The van der Waals surface area contributed by atoms with Crippen LogP contribution in [-0.2, 0) is 14.3 Å². The normalized spacial score (nSPS) is 13.1. The first-order valence-electron chi connectivity index (χ1n) is 6.11. The second-order valence-corrected chi connectivity index (χ2v) is 4.12. The fraction of sp³-hybridized carbons (Fsp3) is 0.643. The van der Waals surface area contributed by atoms with Crippen LogP contribution < -0.4 is 0 Å². The Morgan fingerprint density at radius 1 is 1.18 bits per heavy atom. The molecule has 1 atom stereocenters. The summed E-state index contributed by atoms with van der Waals surface area (Å²) in [4.78, 5) is 11.5. The van der Waals surface area contributed by atoms with E-state index in [2.05, 4.69) is 0 Å². The van der Waals surface area contributed by atoms with Crippen LogP contribution in [0.15, 0.2) is 23.8 Å². The van der Waals surface area contributed by atoms with Crippen LogP contribution in [0.5, 0.6) is 0 Å². The Hall–Kier alpha value is -0.930. The van der Waals surface area contributed by atoms with E-state index in [4.69, 9.17) is 9.47 Å². The molecule has 0 rings (SSSR count).